The zero-order valence-electron chi connectivity index (χ0n) is 15.5. The second-order valence-electron chi connectivity index (χ2n) is 6.84. The molecule has 0 unspecified atom stereocenters. The number of benzene rings is 1. The van der Waals surface area contributed by atoms with E-state index >= 15 is 0 Å². The van der Waals surface area contributed by atoms with Crippen LogP contribution in [-0.4, -0.2) is 32.2 Å². The molecule has 1 fully saturated rings. The molecule has 3 aromatic rings. The summed E-state index contributed by atoms with van der Waals surface area (Å²) in [4.78, 5) is 25.1. The van der Waals surface area contributed by atoms with Gasteiger partial charge in [0.05, 0.1) is 12.6 Å². The number of hydrogen-bond donors (Lipinski definition) is 0. The summed E-state index contributed by atoms with van der Waals surface area (Å²) in [7, 11) is 0. The second kappa shape index (κ2) is 9.12. The van der Waals surface area contributed by atoms with E-state index in [1.54, 1.807) is 24.2 Å². The van der Waals surface area contributed by atoms with Crippen LogP contribution in [0.25, 0.3) is 0 Å². The summed E-state index contributed by atoms with van der Waals surface area (Å²) in [5.41, 5.74) is 2.56. The molecule has 1 saturated heterocycles. The van der Waals surface area contributed by atoms with Gasteiger partial charge in [-0.1, -0.05) is 42.1 Å². The van der Waals surface area contributed by atoms with Gasteiger partial charge in [-0.3, -0.25) is 4.79 Å². The predicted molar refractivity (Wildman–Crippen MR) is 108 cm³/mol. The quantitative estimate of drug-likeness (QED) is 0.453. The Morgan fingerprint density at radius 2 is 1.96 bits per heavy atom. The number of aromatic nitrogens is 4. The van der Waals surface area contributed by atoms with Crippen LogP contribution in [0.4, 0.5) is 0 Å². The average molecular weight is 395 g/mol. The average Bonchev–Trinajstić information content (AvgIpc) is 3.24. The van der Waals surface area contributed by atoms with Crippen LogP contribution in [0, 0.1) is 0 Å². The van der Waals surface area contributed by atoms with Crippen LogP contribution in [0.3, 0.4) is 0 Å². The predicted octanol–water partition coefficient (Wildman–Crippen LogP) is 3.10. The molecular formula is C21H22N4O2S. The van der Waals surface area contributed by atoms with E-state index in [9.17, 15) is 4.79 Å². The van der Waals surface area contributed by atoms with Crippen LogP contribution in [-0.2, 0) is 23.5 Å². The van der Waals surface area contributed by atoms with Crippen molar-refractivity contribution in [2.24, 2.45) is 0 Å². The molecule has 28 heavy (non-hydrogen) atoms. The fraction of sp³-hybridized carbons (Fsp3) is 0.333. The van der Waals surface area contributed by atoms with Crippen LogP contribution >= 0.6 is 11.8 Å². The minimum atomic E-state index is -0.192. The molecule has 1 aliphatic rings. The molecule has 6 nitrogen and oxygen atoms in total. The first kappa shape index (κ1) is 18.8. The van der Waals surface area contributed by atoms with Gasteiger partial charge < -0.3 is 9.30 Å². The highest BCUT2D eigenvalue weighted by Gasteiger charge is 2.19. The van der Waals surface area contributed by atoms with Crippen molar-refractivity contribution < 1.29 is 4.74 Å². The summed E-state index contributed by atoms with van der Waals surface area (Å²) in [6.07, 6.45) is 9.65. The van der Waals surface area contributed by atoms with Crippen molar-refractivity contribution in [1.29, 1.82) is 0 Å². The van der Waals surface area contributed by atoms with Gasteiger partial charge in [-0.25, -0.2) is 9.97 Å². The summed E-state index contributed by atoms with van der Waals surface area (Å²) < 4.78 is 7.88. The lowest BCUT2D eigenvalue weighted by Crippen LogP contribution is -2.23. The van der Waals surface area contributed by atoms with Gasteiger partial charge in [-0.15, -0.1) is 0 Å². The van der Waals surface area contributed by atoms with Crippen LogP contribution in [0.15, 0.2) is 65.2 Å². The van der Waals surface area contributed by atoms with Crippen LogP contribution in [0.1, 0.15) is 29.5 Å². The molecule has 1 aromatic carbocycles. The molecule has 0 amide bonds. The Balaban J connectivity index is 1.59. The number of hydrogen-bond acceptors (Lipinski definition) is 6. The van der Waals surface area contributed by atoms with Gasteiger partial charge in [0.15, 0.2) is 5.16 Å². The first-order chi connectivity index (χ1) is 13.8. The Bertz CT molecular complexity index is 957. The van der Waals surface area contributed by atoms with E-state index in [1.165, 1.54) is 11.9 Å². The molecule has 1 atom stereocenters. The van der Waals surface area contributed by atoms with E-state index in [1.807, 2.05) is 24.4 Å². The zero-order chi connectivity index (χ0) is 19.2. The lowest BCUT2D eigenvalue weighted by atomic mass is 10.1. The summed E-state index contributed by atoms with van der Waals surface area (Å²) in [5, 5.41) is 0.734. The zero-order valence-corrected chi connectivity index (χ0v) is 16.3. The Labute approximate surface area is 168 Å². The van der Waals surface area contributed by atoms with Gasteiger partial charge in [0.1, 0.15) is 6.33 Å². The lowest BCUT2D eigenvalue weighted by Gasteiger charge is -2.17. The number of rotatable bonds is 7. The minimum absolute atomic E-state index is 0.174. The summed E-state index contributed by atoms with van der Waals surface area (Å²) in [6, 6.07) is 10.2. The monoisotopic (exact) mass is 394 g/mol. The Morgan fingerprint density at radius 1 is 1.14 bits per heavy atom. The molecule has 4 rings (SSSR count). The van der Waals surface area contributed by atoms with E-state index in [-0.39, 0.29) is 11.7 Å². The van der Waals surface area contributed by atoms with Gasteiger partial charge in [0, 0.05) is 42.9 Å². The molecule has 0 spiro atoms. The minimum Gasteiger partial charge on any atom is -0.376 e. The molecule has 1 aliphatic heterocycles. The van der Waals surface area contributed by atoms with Crippen molar-refractivity contribution in [2.75, 3.05) is 6.61 Å². The third-order valence-electron chi connectivity index (χ3n) is 4.67. The first-order valence-electron chi connectivity index (χ1n) is 9.40. The van der Waals surface area contributed by atoms with E-state index in [4.69, 9.17) is 4.74 Å². The van der Waals surface area contributed by atoms with Crippen LogP contribution < -0.4 is 5.56 Å². The number of nitrogens with zero attached hydrogens (tertiary/aromatic N) is 4. The highest BCUT2D eigenvalue weighted by molar-refractivity contribution is 7.98. The Morgan fingerprint density at radius 3 is 2.71 bits per heavy atom. The second-order valence-corrected chi connectivity index (χ2v) is 7.78. The molecule has 3 heterocycles. The highest BCUT2D eigenvalue weighted by Crippen LogP contribution is 2.23. The van der Waals surface area contributed by atoms with Gasteiger partial charge >= 0.3 is 0 Å². The lowest BCUT2D eigenvalue weighted by molar-refractivity contribution is 0.0943. The van der Waals surface area contributed by atoms with E-state index < -0.39 is 0 Å². The largest absolute Gasteiger partial charge is 0.376 e. The first-order valence-corrected chi connectivity index (χ1v) is 10.4. The number of thioether (sulfide) groups is 1. The fourth-order valence-corrected chi connectivity index (χ4v) is 4.19. The molecule has 0 aliphatic carbocycles. The molecule has 0 N–H and O–H groups in total. The molecule has 0 radical (unpaired) electrons. The smallest absolute Gasteiger partial charge is 0.277 e. The van der Waals surface area contributed by atoms with Gasteiger partial charge in [-0.2, -0.15) is 4.98 Å². The molecule has 0 bridgehead atoms. The van der Waals surface area contributed by atoms with E-state index in [0.717, 1.165) is 35.9 Å². The van der Waals surface area contributed by atoms with E-state index in [2.05, 4.69) is 31.7 Å². The van der Waals surface area contributed by atoms with Crippen molar-refractivity contribution in [3.63, 3.8) is 0 Å². The van der Waals surface area contributed by atoms with Crippen molar-refractivity contribution in [2.45, 2.75) is 42.8 Å². The summed E-state index contributed by atoms with van der Waals surface area (Å²) >= 11 is 1.58. The summed E-state index contributed by atoms with van der Waals surface area (Å²) in [6.45, 7) is 1.52. The van der Waals surface area contributed by atoms with Crippen LogP contribution in [0.5, 0.6) is 0 Å². The third-order valence-corrected chi connectivity index (χ3v) is 5.73. The van der Waals surface area contributed by atoms with Crippen molar-refractivity contribution >= 4 is 11.8 Å². The topological polar surface area (TPSA) is 69.9 Å². The van der Waals surface area contributed by atoms with Crippen molar-refractivity contribution in [1.82, 2.24) is 19.5 Å². The maximum atomic E-state index is 12.6. The van der Waals surface area contributed by atoms with Gasteiger partial charge in [-0.05, 0) is 24.0 Å². The van der Waals surface area contributed by atoms with Crippen LogP contribution in [0.2, 0.25) is 0 Å². The molecular weight excluding hydrogens is 372 g/mol. The molecule has 2 aromatic heterocycles. The molecule has 144 valence electrons. The maximum absolute atomic E-state index is 12.6. The molecule has 0 saturated carbocycles. The van der Waals surface area contributed by atoms with Crippen molar-refractivity contribution in [3.8, 4) is 0 Å². The van der Waals surface area contributed by atoms with E-state index in [0.29, 0.717) is 18.5 Å². The SMILES string of the molecule is O=c1nc(SCc2ccccc2)n(C[C@@H]2CCCO2)cc1Cc1cncnc1. The Hall–Kier alpha value is -2.51. The maximum Gasteiger partial charge on any atom is 0.277 e. The highest BCUT2D eigenvalue weighted by atomic mass is 32.2. The normalized spacial score (nSPS) is 16.4. The Kier molecular flexibility index (Phi) is 6.14. The fourth-order valence-electron chi connectivity index (χ4n) is 3.26. The van der Waals surface area contributed by atoms with Gasteiger partial charge in [0.25, 0.3) is 5.56 Å². The third kappa shape index (κ3) is 4.85. The van der Waals surface area contributed by atoms with Crippen molar-refractivity contribution in [3.05, 3.63) is 82.3 Å². The summed E-state index contributed by atoms with van der Waals surface area (Å²) in [5.74, 6) is 0.769. The van der Waals surface area contributed by atoms with Gasteiger partial charge in [0.2, 0.25) is 0 Å². The number of ether oxygens (including phenoxy) is 1. The standard InChI is InChI=1S/C21H22N4O2S/c26-20-18(9-17-10-22-15-23-11-17)12-25(13-19-7-4-8-27-19)21(24-20)28-14-16-5-2-1-3-6-16/h1-3,5-6,10-12,15,19H,4,7-9,13-14H2/t19-/m0/s1. The molecule has 7 heteroatoms.